The molecule has 0 saturated carbocycles. The highest BCUT2D eigenvalue weighted by atomic mass is 16.5. The van der Waals surface area contributed by atoms with Gasteiger partial charge in [0.2, 0.25) is 0 Å². The third-order valence-corrected chi connectivity index (χ3v) is 1.83. The third-order valence-electron chi connectivity index (χ3n) is 1.83. The van der Waals surface area contributed by atoms with E-state index < -0.39 is 12.3 Å². The highest BCUT2D eigenvalue weighted by Crippen LogP contribution is 2.17. The Morgan fingerprint density at radius 2 is 2.00 bits per heavy atom. The van der Waals surface area contributed by atoms with Gasteiger partial charge in [0.25, 0.3) is 0 Å². The lowest BCUT2D eigenvalue weighted by Gasteiger charge is -2.18. The van der Waals surface area contributed by atoms with Crippen molar-refractivity contribution >= 4 is 0 Å². The minimum absolute atomic E-state index is 0.666. The molecule has 0 bridgehead atoms. The van der Waals surface area contributed by atoms with Crippen LogP contribution in [0.4, 0.5) is 0 Å². The van der Waals surface area contributed by atoms with Crippen molar-refractivity contribution in [2.45, 2.75) is 26.2 Å². The minimum atomic E-state index is -0.667. The fraction of sp³-hybridized carbons (Fsp3) is 0.400. The zero-order chi connectivity index (χ0) is 9.84. The minimum Gasteiger partial charge on any atom is -0.473 e. The van der Waals surface area contributed by atoms with Crippen molar-refractivity contribution in [3.63, 3.8) is 0 Å². The Kier molecular flexibility index (Phi) is 3.28. The first kappa shape index (κ1) is 10.0. The predicted octanol–water partition coefficient (Wildman–Crippen LogP) is 1.04. The number of nitrogens with two attached hydrogens (primary N) is 1. The molecule has 0 aromatic heterocycles. The van der Waals surface area contributed by atoms with Crippen LogP contribution >= 0.6 is 0 Å². The number of aryl methyl sites for hydroxylation is 1. The summed E-state index contributed by atoms with van der Waals surface area (Å²) in [6.07, 6.45) is -1.33. The maximum atomic E-state index is 9.12. The number of para-hydroxylation sites is 1. The lowest BCUT2D eigenvalue weighted by atomic mass is 10.2. The average molecular weight is 181 g/mol. The van der Waals surface area contributed by atoms with Crippen LogP contribution in [0.5, 0.6) is 5.75 Å². The molecule has 3 nitrogen and oxygen atoms in total. The Labute approximate surface area is 78.1 Å². The molecule has 0 saturated heterocycles. The van der Waals surface area contributed by atoms with Gasteiger partial charge in [-0.15, -0.1) is 0 Å². The van der Waals surface area contributed by atoms with Gasteiger partial charge in [-0.25, -0.2) is 0 Å². The Morgan fingerprint density at radius 1 is 1.38 bits per heavy atom. The number of aliphatic hydroxyl groups excluding tert-OH is 1. The van der Waals surface area contributed by atoms with Crippen LogP contribution in [0.25, 0.3) is 0 Å². The van der Waals surface area contributed by atoms with Gasteiger partial charge in [-0.1, -0.05) is 18.2 Å². The van der Waals surface area contributed by atoms with E-state index in [-0.39, 0.29) is 0 Å². The van der Waals surface area contributed by atoms with Crippen LogP contribution in [0.2, 0.25) is 0 Å². The molecule has 0 heterocycles. The number of ether oxygens (including phenoxy) is 1. The van der Waals surface area contributed by atoms with Crippen molar-refractivity contribution in [1.82, 2.24) is 0 Å². The van der Waals surface area contributed by atoms with Crippen LogP contribution in [0.1, 0.15) is 12.5 Å². The Bertz CT molecular complexity index is 273. The molecule has 1 aromatic carbocycles. The summed E-state index contributed by atoms with van der Waals surface area (Å²) in [6.45, 7) is 3.53. The molecule has 0 amide bonds. The monoisotopic (exact) mass is 181 g/mol. The van der Waals surface area contributed by atoms with Crippen LogP contribution in [-0.2, 0) is 0 Å². The Morgan fingerprint density at radius 3 is 2.54 bits per heavy atom. The average Bonchev–Trinajstić information content (AvgIpc) is 2.08. The summed E-state index contributed by atoms with van der Waals surface area (Å²) in [5.74, 6) is 0.718. The van der Waals surface area contributed by atoms with Gasteiger partial charge in [0.1, 0.15) is 11.9 Å². The van der Waals surface area contributed by atoms with Crippen molar-refractivity contribution in [3.8, 4) is 5.75 Å². The molecule has 0 spiro atoms. The first-order valence-electron chi connectivity index (χ1n) is 4.27. The summed E-state index contributed by atoms with van der Waals surface area (Å²) in [6, 6.07) is 7.56. The number of hydrogen-bond acceptors (Lipinski definition) is 3. The molecule has 0 aliphatic rings. The second kappa shape index (κ2) is 4.25. The largest absolute Gasteiger partial charge is 0.473 e. The summed E-state index contributed by atoms with van der Waals surface area (Å²) in [5.41, 5.74) is 6.56. The molecule has 1 rings (SSSR count). The maximum Gasteiger partial charge on any atom is 0.173 e. The van der Waals surface area contributed by atoms with Crippen LogP contribution in [0, 0.1) is 6.92 Å². The Hall–Kier alpha value is -1.06. The molecule has 3 heteroatoms. The standard InChI is InChI=1S/C10H15NO2/c1-7-5-3-4-6-9(7)13-10(11)8(2)12/h3-6,8,10,12H,11H2,1-2H3. The van der Waals surface area contributed by atoms with Gasteiger partial charge in [-0.3, -0.25) is 5.73 Å². The van der Waals surface area contributed by atoms with E-state index in [1.807, 2.05) is 31.2 Å². The molecular weight excluding hydrogens is 166 g/mol. The summed E-state index contributed by atoms with van der Waals surface area (Å²) < 4.78 is 5.33. The molecule has 0 aliphatic heterocycles. The first-order chi connectivity index (χ1) is 6.11. The zero-order valence-electron chi connectivity index (χ0n) is 7.90. The van der Waals surface area contributed by atoms with Crippen molar-refractivity contribution in [3.05, 3.63) is 29.8 Å². The van der Waals surface area contributed by atoms with Crippen molar-refractivity contribution in [2.75, 3.05) is 0 Å². The quantitative estimate of drug-likeness (QED) is 0.685. The molecule has 0 fully saturated rings. The highest BCUT2D eigenvalue weighted by molar-refractivity contribution is 5.31. The van der Waals surface area contributed by atoms with E-state index in [1.54, 1.807) is 6.92 Å². The summed E-state index contributed by atoms with van der Waals surface area (Å²) >= 11 is 0. The molecule has 2 atom stereocenters. The zero-order valence-corrected chi connectivity index (χ0v) is 7.90. The number of rotatable bonds is 3. The van der Waals surface area contributed by atoms with Gasteiger partial charge in [0, 0.05) is 0 Å². The summed E-state index contributed by atoms with van der Waals surface area (Å²) in [7, 11) is 0. The lowest BCUT2D eigenvalue weighted by Crippen LogP contribution is -2.38. The Balaban J connectivity index is 2.69. The van der Waals surface area contributed by atoms with E-state index in [4.69, 9.17) is 15.6 Å². The molecule has 2 unspecified atom stereocenters. The second-order valence-corrected chi connectivity index (χ2v) is 3.09. The van der Waals surface area contributed by atoms with Crippen molar-refractivity contribution in [1.29, 1.82) is 0 Å². The molecule has 72 valence electrons. The van der Waals surface area contributed by atoms with Gasteiger partial charge in [0.15, 0.2) is 6.23 Å². The topological polar surface area (TPSA) is 55.5 Å². The smallest absolute Gasteiger partial charge is 0.173 e. The van der Waals surface area contributed by atoms with Crippen LogP contribution < -0.4 is 10.5 Å². The molecule has 13 heavy (non-hydrogen) atoms. The highest BCUT2D eigenvalue weighted by Gasteiger charge is 2.11. The molecule has 0 aliphatic carbocycles. The van der Waals surface area contributed by atoms with Crippen molar-refractivity contribution < 1.29 is 9.84 Å². The van der Waals surface area contributed by atoms with E-state index in [9.17, 15) is 0 Å². The molecule has 3 N–H and O–H groups in total. The van der Waals surface area contributed by atoms with Crippen molar-refractivity contribution in [2.24, 2.45) is 5.73 Å². The van der Waals surface area contributed by atoms with E-state index in [0.29, 0.717) is 0 Å². The lowest BCUT2D eigenvalue weighted by molar-refractivity contribution is 0.0524. The van der Waals surface area contributed by atoms with Gasteiger partial charge < -0.3 is 9.84 Å². The maximum absolute atomic E-state index is 9.12. The molecular formula is C10H15NO2. The van der Waals surface area contributed by atoms with Crippen LogP contribution in [-0.4, -0.2) is 17.4 Å². The first-order valence-corrected chi connectivity index (χ1v) is 4.27. The molecule has 1 aromatic rings. The van der Waals surface area contributed by atoms with Gasteiger partial charge in [0.05, 0.1) is 0 Å². The fourth-order valence-electron chi connectivity index (χ4n) is 0.934. The SMILES string of the molecule is Cc1ccccc1OC(N)C(C)O. The van der Waals surface area contributed by atoms with E-state index in [1.165, 1.54) is 0 Å². The van der Waals surface area contributed by atoms with Gasteiger partial charge in [-0.2, -0.15) is 0 Å². The predicted molar refractivity (Wildman–Crippen MR) is 51.5 cm³/mol. The van der Waals surface area contributed by atoms with Crippen LogP contribution in [0.3, 0.4) is 0 Å². The van der Waals surface area contributed by atoms with E-state index in [2.05, 4.69) is 0 Å². The number of hydrogen-bond donors (Lipinski definition) is 2. The second-order valence-electron chi connectivity index (χ2n) is 3.09. The normalized spacial score (nSPS) is 15.1. The summed E-state index contributed by atoms with van der Waals surface area (Å²) in [4.78, 5) is 0. The summed E-state index contributed by atoms with van der Waals surface area (Å²) in [5, 5.41) is 9.12. The van der Waals surface area contributed by atoms with Gasteiger partial charge >= 0.3 is 0 Å². The third kappa shape index (κ3) is 2.72. The van der Waals surface area contributed by atoms with E-state index in [0.717, 1.165) is 11.3 Å². The molecule has 0 radical (unpaired) electrons. The number of benzene rings is 1. The fourth-order valence-corrected chi connectivity index (χ4v) is 0.934. The van der Waals surface area contributed by atoms with Gasteiger partial charge in [-0.05, 0) is 25.5 Å². The van der Waals surface area contributed by atoms with E-state index >= 15 is 0 Å². The van der Waals surface area contributed by atoms with Crippen LogP contribution in [0.15, 0.2) is 24.3 Å². The number of aliphatic hydroxyl groups is 1.